The van der Waals surface area contributed by atoms with Crippen LogP contribution in [0.15, 0.2) is 21.3 Å². The summed E-state index contributed by atoms with van der Waals surface area (Å²) < 4.78 is 11.3. The molecular weight excluding hydrogens is 358 g/mol. The molecule has 0 radical (unpaired) electrons. The summed E-state index contributed by atoms with van der Waals surface area (Å²) >= 11 is 0. The molecule has 0 atom stereocenters. The van der Waals surface area contributed by atoms with E-state index in [0.717, 1.165) is 73.4 Å². The van der Waals surface area contributed by atoms with Crippen molar-refractivity contribution in [1.29, 1.82) is 0 Å². The van der Waals surface area contributed by atoms with Crippen LogP contribution < -0.4 is 15.7 Å². The van der Waals surface area contributed by atoms with E-state index < -0.39 is 0 Å². The molecule has 0 spiro atoms. The van der Waals surface area contributed by atoms with Crippen molar-refractivity contribution in [3.05, 3.63) is 39.2 Å². The number of hydrogen-bond acceptors (Lipinski definition) is 5. The van der Waals surface area contributed by atoms with Gasteiger partial charge in [0.25, 0.3) is 5.91 Å². The summed E-state index contributed by atoms with van der Waals surface area (Å²) in [6.07, 6.45) is 6.57. The standard InChI is InChI=1S/C22H27NO5/c1-13-19(27-12-20(25)23-14-6-8-15(24)9-7-14)11-10-17-16-4-2-3-5-18(16)22(26)28-21(13)17/h10-11,14-15,24H,2-9,12H2,1H3,(H,23,25). The zero-order valence-corrected chi connectivity index (χ0v) is 16.3. The topological polar surface area (TPSA) is 88.8 Å². The van der Waals surface area contributed by atoms with Crippen LogP contribution >= 0.6 is 0 Å². The number of carbonyl (C=O) groups is 1. The van der Waals surface area contributed by atoms with Gasteiger partial charge in [-0.25, -0.2) is 4.79 Å². The first-order valence-corrected chi connectivity index (χ1v) is 10.2. The summed E-state index contributed by atoms with van der Waals surface area (Å²) in [6.45, 7) is 1.77. The van der Waals surface area contributed by atoms with E-state index in [9.17, 15) is 14.7 Å². The highest BCUT2D eigenvalue weighted by Crippen LogP contribution is 2.32. The molecule has 1 amide bonds. The predicted molar refractivity (Wildman–Crippen MR) is 106 cm³/mol. The summed E-state index contributed by atoms with van der Waals surface area (Å²) in [5.41, 5.74) is 2.97. The number of aryl methyl sites for hydroxylation is 2. The lowest BCUT2D eigenvalue weighted by Gasteiger charge is -2.26. The summed E-state index contributed by atoms with van der Waals surface area (Å²) in [5, 5.41) is 13.5. The Labute approximate surface area is 163 Å². The largest absolute Gasteiger partial charge is 0.483 e. The van der Waals surface area contributed by atoms with Crippen LogP contribution in [0, 0.1) is 6.92 Å². The van der Waals surface area contributed by atoms with Gasteiger partial charge in [0.1, 0.15) is 11.3 Å². The second-order valence-electron chi connectivity index (χ2n) is 7.98. The van der Waals surface area contributed by atoms with Crippen LogP contribution in [0.5, 0.6) is 5.75 Å². The maximum absolute atomic E-state index is 12.4. The van der Waals surface area contributed by atoms with Crippen LogP contribution in [0.4, 0.5) is 0 Å². The van der Waals surface area contributed by atoms with Crippen LogP contribution in [-0.4, -0.2) is 29.8 Å². The Morgan fingerprint density at radius 3 is 2.64 bits per heavy atom. The maximum Gasteiger partial charge on any atom is 0.339 e. The average Bonchev–Trinajstić information content (AvgIpc) is 2.70. The van der Waals surface area contributed by atoms with Crippen molar-refractivity contribution in [3.8, 4) is 5.75 Å². The number of hydrogen-bond donors (Lipinski definition) is 2. The van der Waals surface area contributed by atoms with E-state index in [-0.39, 0.29) is 30.3 Å². The maximum atomic E-state index is 12.4. The molecule has 0 aliphatic heterocycles. The van der Waals surface area contributed by atoms with Crippen LogP contribution in [-0.2, 0) is 17.6 Å². The zero-order chi connectivity index (χ0) is 19.7. The number of ether oxygens (including phenoxy) is 1. The molecule has 1 aromatic carbocycles. The lowest BCUT2D eigenvalue weighted by molar-refractivity contribution is -0.124. The fourth-order valence-corrected chi connectivity index (χ4v) is 4.41. The molecular formula is C22H27NO5. The summed E-state index contributed by atoms with van der Waals surface area (Å²) in [7, 11) is 0. The number of rotatable bonds is 4. The highest BCUT2D eigenvalue weighted by atomic mass is 16.5. The van der Waals surface area contributed by atoms with Crippen molar-refractivity contribution in [2.75, 3.05) is 6.61 Å². The number of fused-ring (bicyclic) bond motifs is 3. The SMILES string of the molecule is Cc1c(OCC(=O)NC2CCC(O)CC2)ccc2c3c(c(=O)oc12)CCCC3. The molecule has 150 valence electrons. The monoisotopic (exact) mass is 385 g/mol. The number of aliphatic hydroxyl groups excluding tert-OH is 1. The van der Waals surface area contributed by atoms with E-state index in [1.165, 1.54) is 0 Å². The minimum absolute atomic E-state index is 0.0828. The molecule has 2 aliphatic carbocycles. The van der Waals surface area contributed by atoms with E-state index in [0.29, 0.717) is 11.3 Å². The van der Waals surface area contributed by atoms with Crippen molar-refractivity contribution in [2.24, 2.45) is 0 Å². The molecule has 4 rings (SSSR count). The minimum atomic E-state index is -0.250. The van der Waals surface area contributed by atoms with E-state index in [2.05, 4.69) is 5.32 Å². The van der Waals surface area contributed by atoms with Gasteiger partial charge < -0.3 is 19.6 Å². The van der Waals surface area contributed by atoms with E-state index >= 15 is 0 Å². The third-order valence-corrected chi connectivity index (χ3v) is 6.01. The van der Waals surface area contributed by atoms with Crippen molar-refractivity contribution in [1.82, 2.24) is 5.32 Å². The third-order valence-electron chi connectivity index (χ3n) is 6.01. The van der Waals surface area contributed by atoms with Crippen molar-refractivity contribution < 1.29 is 19.1 Å². The summed E-state index contributed by atoms with van der Waals surface area (Å²) in [5.74, 6) is 0.383. The first-order chi connectivity index (χ1) is 13.5. The lowest BCUT2D eigenvalue weighted by Crippen LogP contribution is -2.40. The molecule has 6 heteroatoms. The van der Waals surface area contributed by atoms with Gasteiger partial charge in [0, 0.05) is 22.6 Å². The minimum Gasteiger partial charge on any atom is -0.483 e. The Kier molecular flexibility index (Phi) is 5.40. The van der Waals surface area contributed by atoms with Gasteiger partial charge in [-0.1, -0.05) is 0 Å². The molecule has 0 saturated heterocycles. The highest BCUT2D eigenvalue weighted by molar-refractivity contribution is 5.86. The van der Waals surface area contributed by atoms with Gasteiger partial charge in [0.05, 0.1) is 6.10 Å². The third kappa shape index (κ3) is 3.78. The van der Waals surface area contributed by atoms with Gasteiger partial charge in [0.2, 0.25) is 0 Å². The number of benzene rings is 1. The van der Waals surface area contributed by atoms with E-state index in [1.54, 1.807) is 0 Å². The van der Waals surface area contributed by atoms with Crippen molar-refractivity contribution >= 4 is 16.9 Å². The fraction of sp³-hybridized carbons (Fsp3) is 0.545. The number of carbonyl (C=O) groups excluding carboxylic acids is 1. The molecule has 0 bridgehead atoms. The van der Waals surface area contributed by atoms with Gasteiger partial charge in [-0.2, -0.15) is 0 Å². The lowest BCUT2D eigenvalue weighted by atomic mass is 9.90. The smallest absolute Gasteiger partial charge is 0.339 e. The summed E-state index contributed by atoms with van der Waals surface area (Å²) in [6, 6.07) is 3.89. The Morgan fingerprint density at radius 2 is 1.89 bits per heavy atom. The molecule has 0 unspecified atom stereocenters. The molecule has 1 heterocycles. The van der Waals surface area contributed by atoms with Crippen LogP contribution in [0.1, 0.15) is 55.2 Å². The van der Waals surface area contributed by atoms with Gasteiger partial charge in [-0.05, 0) is 76.0 Å². The van der Waals surface area contributed by atoms with Gasteiger partial charge >= 0.3 is 5.63 Å². The molecule has 28 heavy (non-hydrogen) atoms. The average molecular weight is 385 g/mol. The molecule has 2 aromatic rings. The van der Waals surface area contributed by atoms with Crippen LogP contribution in [0.2, 0.25) is 0 Å². The van der Waals surface area contributed by atoms with Gasteiger partial charge in [-0.15, -0.1) is 0 Å². The Balaban J connectivity index is 1.48. The fourth-order valence-electron chi connectivity index (χ4n) is 4.41. The molecule has 6 nitrogen and oxygen atoms in total. The first kappa shape index (κ1) is 19.0. The number of aliphatic hydroxyl groups is 1. The predicted octanol–water partition coefficient (Wildman–Crippen LogP) is 2.78. The number of amides is 1. The second kappa shape index (κ2) is 7.95. The van der Waals surface area contributed by atoms with Crippen LogP contribution in [0.25, 0.3) is 11.0 Å². The van der Waals surface area contributed by atoms with Gasteiger partial charge in [-0.3, -0.25) is 4.79 Å². The molecule has 1 saturated carbocycles. The van der Waals surface area contributed by atoms with Crippen LogP contribution in [0.3, 0.4) is 0 Å². The summed E-state index contributed by atoms with van der Waals surface area (Å²) in [4.78, 5) is 24.6. The van der Waals surface area contributed by atoms with Crippen molar-refractivity contribution in [2.45, 2.75) is 70.4 Å². The zero-order valence-electron chi connectivity index (χ0n) is 16.3. The van der Waals surface area contributed by atoms with Crippen molar-refractivity contribution in [3.63, 3.8) is 0 Å². The molecule has 1 fully saturated rings. The molecule has 1 aromatic heterocycles. The highest BCUT2D eigenvalue weighted by Gasteiger charge is 2.22. The van der Waals surface area contributed by atoms with E-state index in [4.69, 9.17) is 9.15 Å². The Hall–Kier alpha value is -2.34. The number of nitrogens with one attached hydrogen (secondary N) is 1. The Bertz CT molecular complexity index is 940. The normalized spacial score (nSPS) is 21.9. The van der Waals surface area contributed by atoms with Gasteiger partial charge in [0.15, 0.2) is 6.61 Å². The molecule has 2 N–H and O–H groups in total. The quantitative estimate of drug-likeness (QED) is 0.790. The Morgan fingerprint density at radius 1 is 1.18 bits per heavy atom. The second-order valence-corrected chi connectivity index (χ2v) is 7.98. The first-order valence-electron chi connectivity index (χ1n) is 10.2. The molecule has 2 aliphatic rings. The van der Waals surface area contributed by atoms with E-state index in [1.807, 2.05) is 19.1 Å².